The topological polar surface area (TPSA) is 144 Å². The van der Waals surface area contributed by atoms with Crippen molar-refractivity contribution in [1.29, 1.82) is 0 Å². The maximum absolute atomic E-state index is 12.1. The smallest absolute Gasteiger partial charge is 0.355 e. The summed E-state index contributed by atoms with van der Waals surface area (Å²) < 4.78 is 5.34. The molecular formula is C21H17N7O4. The van der Waals surface area contributed by atoms with E-state index in [4.69, 9.17) is 4.74 Å². The zero-order valence-corrected chi connectivity index (χ0v) is 16.6. The molecule has 0 aliphatic heterocycles. The molecule has 0 spiro atoms. The molecule has 11 nitrogen and oxygen atoms in total. The summed E-state index contributed by atoms with van der Waals surface area (Å²) in [4.78, 5) is 35.4. The second kappa shape index (κ2) is 9.34. The largest absolute Gasteiger partial charge is 0.484 e. The van der Waals surface area contributed by atoms with Crippen LogP contribution in [0.1, 0.15) is 0 Å². The van der Waals surface area contributed by atoms with Gasteiger partial charge >= 0.3 is 5.69 Å². The van der Waals surface area contributed by atoms with Gasteiger partial charge in [-0.1, -0.05) is 36.4 Å². The number of nitro groups is 1. The molecule has 0 saturated carbocycles. The molecule has 0 saturated heterocycles. The van der Waals surface area contributed by atoms with Crippen LogP contribution in [0.5, 0.6) is 5.75 Å². The molecule has 3 N–H and O–H groups in total. The number of amides is 1. The highest BCUT2D eigenvalue weighted by Gasteiger charge is 2.24. The van der Waals surface area contributed by atoms with Crippen molar-refractivity contribution in [2.75, 3.05) is 17.3 Å². The van der Waals surface area contributed by atoms with Gasteiger partial charge in [-0.2, -0.15) is 0 Å². The quantitative estimate of drug-likeness (QED) is 0.283. The van der Waals surface area contributed by atoms with Gasteiger partial charge in [0.25, 0.3) is 5.91 Å². The molecular weight excluding hydrogens is 414 g/mol. The molecule has 2 aromatic heterocycles. The molecule has 0 atom stereocenters. The van der Waals surface area contributed by atoms with Crippen LogP contribution in [-0.2, 0) is 4.79 Å². The van der Waals surface area contributed by atoms with E-state index in [-0.39, 0.29) is 18.2 Å². The van der Waals surface area contributed by atoms with E-state index in [1.165, 1.54) is 0 Å². The number of ether oxygens (including phenoxy) is 1. The number of aromatic nitrogens is 3. The van der Waals surface area contributed by atoms with Gasteiger partial charge in [-0.25, -0.2) is 9.97 Å². The van der Waals surface area contributed by atoms with E-state index in [1.54, 1.807) is 48.7 Å². The van der Waals surface area contributed by atoms with E-state index >= 15 is 0 Å². The predicted octanol–water partition coefficient (Wildman–Crippen LogP) is 3.20. The molecule has 0 bridgehead atoms. The van der Waals surface area contributed by atoms with Gasteiger partial charge in [0.2, 0.25) is 11.6 Å². The molecule has 0 aliphatic rings. The Balaban J connectivity index is 1.50. The Morgan fingerprint density at radius 3 is 2.56 bits per heavy atom. The van der Waals surface area contributed by atoms with Crippen molar-refractivity contribution in [3.8, 4) is 5.75 Å². The van der Waals surface area contributed by atoms with Crippen LogP contribution in [0.3, 0.4) is 0 Å². The van der Waals surface area contributed by atoms with E-state index in [0.29, 0.717) is 17.0 Å². The Kier molecular flexibility index (Phi) is 5.98. The second-order valence-corrected chi connectivity index (χ2v) is 6.46. The van der Waals surface area contributed by atoms with Gasteiger partial charge in [-0.05, 0) is 24.3 Å². The fraction of sp³-hybridized carbons (Fsp3) is 0.0476. The number of rotatable bonds is 8. The van der Waals surface area contributed by atoms with Crippen LogP contribution in [0, 0.1) is 10.1 Å². The summed E-state index contributed by atoms with van der Waals surface area (Å²) in [5, 5.41) is 15.5. The van der Waals surface area contributed by atoms with Gasteiger partial charge in [-0.3, -0.25) is 30.7 Å². The van der Waals surface area contributed by atoms with Gasteiger partial charge in [0.15, 0.2) is 6.61 Å². The average Bonchev–Trinajstić information content (AvgIpc) is 2.82. The molecule has 32 heavy (non-hydrogen) atoms. The Morgan fingerprint density at radius 2 is 1.75 bits per heavy atom. The number of fused-ring (bicyclic) bond motifs is 1. The molecule has 2 aromatic carbocycles. The van der Waals surface area contributed by atoms with E-state index in [2.05, 4.69) is 31.1 Å². The minimum absolute atomic E-state index is 0.0552. The van der Waals surface area contributed by atoms with Crippen molar-refractivity contribution in [2.45, 2.75) is 0 Å². The summed E-state index contributed by atoms with van der Waals surface area (Å²) in [6, 6.07) is 17.9. The molecule has 4 aromatic rings. The summed E-state index contributed by atoms with van der Waals surface area (Å²) in [7, 11) is 0. The van der Waals surface area contributed by atoms with Crippen LogP contribution in [0.4, 0.5) is 23.0 Å². The third kappa shape index (κ3) is 4.67. The summed E-state index contributed by atoms with van der Waals surface area (Å²) in [5.41, 5.74) is 5.53. The van der Waals surface area contributed by atoms with Crippen molar-refractivity contribution in [1.82, 2.24) is 20.4 Å². The minimum atomic E-state index is -0.643. The SMILES string of the molecule is O=C(COc1ccccc1)NNc1ncnc(Nc2cccc3cccnc23)c1[N+](=O)[O-]. The van der Waals surface area contributed by atoms with Gasteiger partial charge in [0, 0.05) is 11.6 Å². The maximum Gasteiger partial charge on any atom is 0.355 e. The van der Waals surface area contributed by atoms with Crippen molar-refractivity contribution < 1.29 is 14.5 Å². The molecule has 160 valence electrons. The Hall–Kier alpha value is -4.80. The van der Waals surface area contributed by atoms with Crippen LogP contribution >= 0.6 is 0 Å². The number of para-hydroxylation sites is 2. The first kappa shape index (κ1) is 20.5. The molecule has 4 rings (SSSR count). The lowest BCUT2D eigenvalue weighted by molar-refractivity contribution is -0.383. The van der Waals surface area contributed by atoms with Crippen molar-refractivity contribution in [3.05, 3.63) is 83.3 Å². The molecule has 0 fully saturated rings. The average molecular weight is 431 g/mol. The van der Waals surface area contributed by atoms with Gasteiger partial charge < -0.3 is 10.1 Å². The van der Waals surface area contributed by atoms with Crippen molar-refractivity contribution >= 4 is 39.8 Å². The Labute approximate surface area is 181 Å². The highest BCUT2D eigenvalue weighted by molar-refractivity contribution is 5.92. The number of anilines is 3. The third-order valence-electron chi connectivity index (χ3n) is 4.32. The van der Waals surface area contributed by atoms with Gasteiger partial charge in [-0.15, -0.1) is 0 Å². The molecule has 11 heteroatoms. The fourth-order valence-electron chi connectivity index (χ4n) is 2.90. The first-order valence-corrected chi connectivity index (χ1v) is 9.44. The first-order valence-electron chi connectivity index (χ1n) is 9.44. The lowest BCUT2D eigenvalue weighted by Crippen LogP contribution is -2.34. The van der Waals surface area contributed by atoms with Crippen LogP contribution in [0.2, 0.25) is 0 Å². The molecule has 0 aliphatic carbocycles. The van der Waals surface area contributed by atoms with Crippen LogP contribution in [0.15, 0.2) is 73.2 Å². The zero-order chi connectivity index (χ0) is 22.3. The van der Waals surface area contributed by atoms with Gasteiger partial charge in [0.1, 0.15) is 12.1 Å². The van der Waals surface area contributed by atoms with Crippen molar-refractivity contribution in [3.63, 3.8) is 0 Å². The van der Waals surface area contributed by atoms with Gasteiger partial charge in [0.05, 0.1) is 16.1 Å². The maximum atomic E-state index is 12.1. The number of benzene rings is 2. The number of nitrogens with one attached hydrogen (secondary N) is 3. The lowest BCUT2D eigenvalue weighted by Gasteiger charge is -2.12. The lowest BCUT2D eigenvalue weighted by atomic mass is 10.2. The standard InChI is InChI=1S/C21H17N7O4/c29-17(12-32-15-8-2-1-3-9-15)26-27-21-19(28(30)31)20(23-13-24-21)25-16-10-4-6-14-7-5-11-22-18(14)16/h1-11,13H,12H2,(H,26,29)(H2,23,24,25,27). The summed E-state index contributed by atoms with van der Waals surface area (Å²) >= 11 is 0. The molecule has 0 radical (unpaired) electrons. The Bertz CT molecular complexity index is 1260. The van der Waals surface area contributed by atoms with Crippen molar-refractivity contribution in [2.24, 2.45) is 0 Å². The highest BCUT2D eigenvalue weighted by Crippen LogP contribution is 2.32. The second-order valence-electron chi connectivity index (χ2n) is 6.46. The third-order valence-corrected chi connectivity index (χ3v) is 4.32. The Morgan fingerprint density at radius 1 is 0.969 bits per heavy atom. The zero-order valence-electron chi connectivity index (χ0n) is 16.6. The molecule has 0 unspecified atom stereocenters. The van der Waals surface area contributed by atoms with Crippen LogP contribution in [0.25, 0.3) is 10.9 Å². The number of pyridine rings is 1. The number of hydrazine groups is 1. The summed E-state index contributed by atoms with van der Waals surface area (Å²) in [6.07, 6.45) is 2.77. The molecule has 2 heterocycles. The number of hydrogen-bond donors (Lipinski definition) is 3. The number of hydrogen-bond acceptors (Lipinski definition) is 9. The molecule has 1 amide bonds. The number of nitrogens with zero attached hydrogens (tertiary/aromatic N) is 4. The summed E-state index contributed by atoms with van der Waals surface area (Å²) in [6.45, 7) is -0.289. The van der Waals surface area contributed by atoms with E-state index in [0.717, 1.165) is 11.7 Å². The van der Waals surface area contributed by atoms with E-state index < -0.39 is 16.5 Å². The van der Waals surface area contributed by atoms with E-state index in [1.807, 2.05) is 18.2 Å². The monoisotopic (exact) mass is 431 g/mol. The highest BCUT2D eigenvalue weighted by atomic mass is 16.6. The number of carbonyl (C=O) groups excluding carboxylic acids is 1. The fourth-order valence-corrected chi connectivity index (χ4v) is 2.90. The summed E-state index contributed by atoms with van der Waals surface area (Å²) in [5.74, 6) is -0.269. The number of carbonyl (C=O) groups is 1. The van der Waals surface area contributed by atoms with E-state index in [9.17, 15) is 14.9 Å². The van der Waals surface area contributed by atoms with Crippen LogP contribution < -0.4 is 20.9 Å². The first-order chi connectivity index (χ1) is 15.6. The normalized spacial score (nSPS) is 10.4. The predicted molar refractivity (Wildman–Crippen MR) is 117 cm³/mol. The van der Waals surface area contributed by atoms with Crippen LogP contribution in [-0.4, -0.2) is 32.4 Å². The minimum Gasteiger partial charge on any atom is -0.484 e.